The Balaban J connectivity index is 0.000000561. The van der Waals surface area contributed by atoms with Crippen LogP contribution in [0.4, 0.5) is 4.39 Å². The SMILES string of the molecule is CC.CC(F)C1=CC=CCC=C1. The molecule has 0 nitrogen and oxygen atoms in total. The average molecular weight is 168 g/mol. The molecule has 0 amide bonds. The highest BCUT2D eigenvalue weighted by Crippen LogP contribution is 2.11. The summed E-state index contributed by atoms with van der Waals surface area (Å²) in [6, 6.07) is 0. The van der Waals surface area contributed by atoms with Gasteiger partial charge in [0.2, 0.25) is 0 Å². The van der Waals surface area contributed by atoms with E-state index in [9.17, 15) is 4.39 Å². The van der Waals surface area contributed by atoms with Crippen LogP contribution in [-0.2, 0) is 0 Å². The van der Waals surface area contributed by atoms with Gasteiger partial charge in [-0.1, -0.05) is 44.2 Å². The first kappa shape index (κ1) is 11.2. The van der Waals surface area contributed by atoms with Gasteiger partial charge in [-0.05, 0) is 18.9 Å². The predicted octanol–water partition coefficient (Wildman–Crippen LogP) is 3.81. The molecule has 68 valence electrons. The zero-order chi connectivity index (χ0) is 9.40. The fourth-order valence-electron chi connectivity index (χ4n) is 0.861. The molecule has 0 radical (unpaired) electrons. The number of hydrogen-bond donors (Lipinski definition) is 0. The molecular formula is C11H17F. The maximum atomic E-state index is 12.6. The number of alkyl halides is 1. The fraction of sp³-hybridized carbons (Fsp3) is 0.455. The molecule has 1 unspecified atom stereocenters. The Hall–Kier alpha value is -0.850. The van der Waals surface area contributed by atoms with E-state index in [0.717, 1.165) is 12.0 Å². The Morgan fingerprint density at radius 1 is 1.33 bits per heavy atom. The van der Waals surface area contributed by atoms with Crippen LogP contribution in [0.2, 0.25) is 0 Å². The van der Waals surface area contributed by atoms with Gasteiger partial charge in [0.15, 0.2) is 0 Å². The van der Waals surface area contributed by atoms with Crippen molar-refractivity contribution in [2.75, 3.05) is 0 Å². The standard InChI is InChI=1S/C9H11F.C2H6/c1-8(10)9-6-4-2-3-5-7-9;1-2/h2,4-8H,3H2,1H3;1-2H3. The summed E-state index contributed by atoms with van der Waals surface area (Å²) < 4.78 is 12.6. The van der Waals surface area contributed by atoms with Crippen molar-refractivity contribution < 1.29 is 4.39 Å². The van der Waals surface area contributed by atoms with Gasteiger partial charge in [0.1, 0.15) is 6.17 Å². The van der Waals surface area contributed by atoms with E-state index in [1.165, 1.54) is 0 Å². The van der Waals surface area contributed by atoms with Crippen molar-refractivity contribution in [3.63, 3.8) is 0 Å². The third-order valence-electron chi connectivity index (χ3n) is 1.47. The van der Waals surface area contributed by atoms with E-state index in [1.807, 2.05) is 44.2 Å². The van der Waals surface area contributed by atoms with Crippen molar-refractivity contribution in [3.8, 4) is 0 Å². The van der Waals surface area contributed by atoms with Crippen molar-refractivity contribution in [1.29, 1.82) is 0 Å². The van der Waals surface area contributed by atoms with E-state index in [4.69, 9.17) is 0 Å². The van der Waals surface area contributed by atoms with Gasteiger partial charge >= 0.3 is 0 Å². The molecule has 0 fully saturated rings. The summed E-state index contributed by atoms with van der Waals surface area (Å²) in [6.07, 6.45) is 9.58. The third kappa shape index (κ3) is 4.12. The summed E-state index contributed by atoms with van der Waals surface area (Å²) in [4.78, 5) is 0. The molecule has 0 aliphatic heterocycles. The van der Waals surface area contributed by atoms with E-state index in [1.54, 1.807) is 6.92 Å². The van der Waals surface area contributed by atoms with Crippen LogP contribution in [0, 0.1) is 0 Å². The minimum Gasteiger partial charge on any atom is -0.243 e. The Labute approximate surface area is 74.5 Å². The van der Waals surface area contributed by atoms with Crippen LogP contribution in [0.5, 0.6) is 0 Å². The lowest BCUT2D eigenvalue weighted by molar-refractivity contribution is 0.417. The molecule has 12 heavy (non-hydrogen) atoms. The summed E-state index contributed by atoms with van der Waals surface area (Å²) in [7, 11) is 0. The second-order valence-corrected chi connectivity index (χ2v) is 2.35. The van der Waals surface area contributed by atoms with Gasteiger partial charge in [-0.3, -0.25) is 0 Å². The molecule has 1 aliphatic rings. The minimum absolute atomic E-state index is 0.758. The maximum Gasteiger partial charge on any atom is 0.122 e. The monoisotopic (exact) mass is 168 g/mol. The van der Waals surface area contributed by atoms with E-state index >= 15 is 0 Å². The van der Waals surface area contributed by atoms with Crippen molar-refractivity contribution in [1.82, 2.24) is 0 Å². The Bertz CT molecular complexity index is 185. The predicted molar refractivity (Wildman–Crippen MR) is 52.9 cm³/mol. The van der Waals surface area contributed by atoms with Crippen LogP contribution in [0.3, 0.4) is 0 Å². The molecule has 0 saturated heterocycles. The van der Waals surface area contributed by atoms with Crippen molar-refractivity contribution in [2.45, 2.75) is 33.4 Å². The molecule has 1 aliphatic carbocycles. The molecule has 1 rings (SSSR count). The molecule has 0 aromatic rings. The smallest absolute Gasteiger partial charge is 0.122 e. The van der Waals surface area contributed by atoms with Crippen LogP contribution in [-0.4, -0.2) is 6.17 Å². The number of rotatable bonds is 1. The molecular weight excluding hydrogens is 151 g/mol. The fourth-order valence-corrected chi connectivity index (χ4v) is 0.861. The molecule has 1 heteroatoms. The molecule has 0 N–H and O–H groups in total. The third-order valence-corrected chi connectivity index (χ3v) is 1.47. The summed E-state index contributed by atoms with van der Waals surface area (Å²) >= 11 is 0. The van der Waals surface area contributed by atoms with E-state index in [2.05, 4.69) is 0 Å². The van der Waals surface area contributed by atoms with E-state index in [0.29, 0.717) is 0 Å². The van der Waals surface area contributed by atoms with Crippen molar-refractivity contribution in [3.05, 3.63) is 36.0 Å². The van der Waals surface area contributed by atoms with E-state index in [-0.39, 0.29) is 0 Å². The molecule has 0 aromatic heterocycles. The molecule has 1 atom stereocenters. The van der Waals surface area contributed by atoms with Crippen molar-refractivity contribution in [2.24, 2.45) is 0 Å². The second-order valence-electron chi connectivity index (χ2n) is 2.35. The van der Waals surface area contributed by atoms with Gasteiger partial charge in [-0.15, -0.1) is 0 Å². The van der Waals surface area contributed by atoms with Gasteiger partial charge in [0, 0.05) is 0 Å². The largest absolute Gasteiger partial charge is 0.243 e. The van der Waals surface area contributed by atoms with E-state index < -0.39 is 6.17 Å². The quantitative estimate of drug-likeness (QED) is 0.558. The first-order chi connectivity index (χ1) is 5.80. The van der Waals surface area contributed by atoms with Crippen molar-refractivity contribution >= 4 is 0 Å². The number of allylic oxidation sites excluding steroid dienone is 6. The lowest BCUT2D eigenvalue weighted by Crippen LogP contribution is -1.93. The molecule has 0 saturated carbocycles. The van der Waals surface area contributed by atoms with Gasteiger partial charge in [-0.2, -0.15) is 0 Å². The van der Waals surface area contributed by atoms with Gasteiger partial charge in [-0.25, -0.2) is 4.39 Å². The number of hydrogen-bond acceptors (Lipinski definition) is 0. The summed E-state index contributed by atoms with van der Waals surface area (Å²) in [5.41, 5.74) is 0.758. The lowest BCUT2D eigenvalue weighted by Gasteiger charge is -1.98. The Morgan fingerprint density at radius 2 is 2.00 bits per heavy atom. The maximum absolute atomic E-state index is 12.6. The molecule has 0 bridgehead atoms. The first-order valence-corrected chi connectivity index (χ1v) is 4.48. The summed E-state index contributed by atoms with van der Waals surface area (Å²) in [6.45, 7) is 5.55. The Morgan fingerprint density at radius 3 is 2.58 bits per heavy atom. The number of halogens is 1. The molecule has 0 heterocycles. The summed E-state index contributed by atoms with van der Waals surface area (Å²) in [5, 5.41) is 0. The van der Waals surface area contributed by atoms with Crippen LogP contribution >= 0.6 is 0 Å². The average Bonchev–Trinajstić information content (AvgIpc) is 2.35. The van der Waals surface area contributed by atoms with Crippen LogP contribution in [0.1, 0.15) is 27.2 Å². The van der Waals surface area contributed by atoms with Gasteiger partial charge in [0.05, 0.1) is 0 Å². The molecule has 0 spiro atoms. The highest BCUT2D eigenvalue weighted by molar-refractivity contribution is 5.29. The highest BCUT2D eigenvalue weighted by atomic mass is 19.1. The van der Waals surface area contributed by atoms with Crippen LogP contribution < -0.4 is 0 Å². The minimum atomic E-state index is -0.848. The highest BCUT2D eigenvalue weighted by Gasteiger charge is 2.01. The van der Waals surface area contributed by atoms with Crippen LogP contribution in [0.15, 0.2) is 36.0 Å². The Kier molecular flexibility index (Phi) is 6.35. The second kappa shape index (κ2) is 6.84. The topological polar surface area (TPSA) is 0 Å². The summed E-state index contributed by atoms with van der Waals surface area (Å²) in [5.74, 6) is 0. The van der Waals surface area contributed by atoms with Gasteiger partial charge < -0.3 is 0 Å². The van der Waals surface area contributed by atoms with Crippen LogP contribution in [0.25, 0.3) is 0 Å². The normalized spacial score (nSPS) is 17.2. The molecule has 0 aromatic carbocycles. The van der Waals surface area contributed by atoms with Gasteiger partial charge in [0.25, 0.3) is 0 Å². The lowest BCUT2D eigenvalue weighted by atomic mass is 10.1. The zero-order valence-corrected chi connectivity index (χ0v) is 8.05. The first-order valence-electron chi connectivity index (χ1n) is 4.48. The zero-order valence-electron chi connectivity index (χ0n) is 8.05.